The largest absolute Gasteiger partial charge is 0.326 e. The Kier molecular flexibility index (Phi) is 2.56. The number of hydrogen-bond acceptors (Lipinski definition) is 1. The maximum atomic E-state index is 12.3. The van der Waals surface area contributed by atoms with Crippen molar-refractivity contribution in [3.05, 3.63) is 32.4 Å². The highest BCUT2D eigenvalue weighted by atomic mass is 79.9. The van der Waals surface area contributed by atoms with E-state index >= 15 is 0 Å². The highest BCUT2D eigenvalue weighted by molar-refractivity contribution is 9.10. The molecule has 12 heavy (non-hydrogen) atoms. The number of halogens is 4. The molecule has 0 aliphatic carbocycles. The first-order valence-corrected chi connectivity index (χ1v) is 3.68. The molecule has 1 N–H and O–H groups in total. The fraction of sp³-hybridized carbons (Fsp3) is 0.167. The predicted molar refractivity (Wildman–Crippen MR) is 39.7 cm³/mol. The predicted octanol–water partition coefficient (Wildman–Crippen LogP) is 2.21. The van der Waals surface area contributed by atoms with Crippen molar-refractivity contribution >= 4 is 15.9 Å². The Bertz CT molecular complexity index is 349. The van der Waals surface area contributed by atoms with E-state index in [-0.39, 0.29) is 4.60 Å². The van der Waals surface area contributed by atoms with Crippen molar-refractivity contribution < 1.29 is 13.2 Å². The van der Waals surface area contributed by atoms with E-state index < -0.39 is 23.4 Å². The topological polar surface area (TPSA) is 32.9 Å². The molecule has 0 spiro atoms. The first-order chi connectivity index (χ1) is 5.52. The average molecular weight is 242 g/mol. The Balaban J connectivity index is 3.39. The maximum Gasteiger partial charge on any atom is 0.270 e. The van der Waals surface area contributed by atoms with Gasteiger partial charge in [0.05, 0.1) is 10.2 Å². The van der Waals surface area contributed by atoms with Gasteiger partial charge in [-0.05, 0) is 15.9 Å². The van der Waals surface area contributed by atoms with Crippen molar-refractivity contribution in [2.24, 2.45) is 0 Å². The summed E-state index contributed by atoms with van der Waals surface area (Å²) in [5.41, 5.74) is -1.77. The Morgan fingerprint density at radius 2 is 2.08 bits per heavy atom. The number of H-pyrrole nitrogens is 1. The SMILES string of the molecule is O=c1cc(F)[nH]c(Br)c1C(F)F. The summed E-state index contributed by atoms with van der Waals surface area (Å²) in [7, 11) is 0. The molecule has 1 aromatic rings. The van der Waals surface area contributed by atoms with Gasteiger partial charge >= 0.3 is 0 Å². The lowest BCUT2D eigenvalue weighted by Crippen LogP contribution is -2.11. The van der Waals surface area contributed by atoms with Crippen LogP contribution in [0.25, 0.3) is 0 Å². The van der Waals surface area contributed by atoms with Crippen molar-refractivity contribution in [2.45, 2.75) is 6.43 Å². The molecule has 0 aliphatic rings. The minimum Gasteiger partial charge on any atom is -0.326 e. The zero-order chi connectivity index (χ0) is 9.30. The summed E-state index contributed by atoms with van der Waals surface area (Å²) in [6.45, 7) is 0. The van der Waals surface area contributed by atoms with Crippen LogP contribution in [0, 0.1) is 5.95 Å². The molecule has 1 heterocycles. The molecule has 0 bridgehead atoms. The lowest BCUT2D eigenvalue weighted by atomic mass is 10.3. The molecule has 0 unspecified atom stereocenters. The summed E-state index contributed by atoms with van der Waals surface area (Å²) in [5, 5.41) is 0. The molecule has 66 valence electrons. The molecule has 6 heteroatoms. The molecule has 0 aliphatic heterocycles. The molecule has 0 saturated heterocycles. The normalized spacial score (nSPS) is 10.8. The summed E-state index contributed by atoms with van der Waals surface area (Å²) in [6.07, 6.45) is -2.91. The lowest BCUT2D eigenvalue weighted by Gasteiger charge is -2.00. The number of aromatic nitrogens is 1. The van der Waals surface area contributed by atoms with Gasteiger partial charge in [0.1, 0.15) is 0 Å². The quantitative estimate of drug-likeness (QED) is 0.752. The van der Waals surface area contributed by atoms with Crippen LogP contribution in [0.5, 0.6) is 0 Å². The van der Waals surface area contributed by atoms with Gasteiger partial charge in [-0.15, -0.1) is 0 Å². The molecule has 0 aromatic carbocycles. The van der Waals surface area contributed by atoms with E-state index in [2.05, 4.69) is 15.9 Å². The minimum atomic E-state index is -2.91. The third-order valence-electron chi connectivity index (χ3n) is 1.21. The number of alkyl halides is 2. The standard InChI is InChI=1S/C6H3BrF3NO/c7-5-4(6(9)10)2(12)1-3(8)11-5/h1,6H,(H,11,12). The van der Waals surface area contributed by atoms with E-state index in [0.29, 0.717) is 6.07 Å². The Morgan fingerprint density at radius 3 is 2.50 bits per heavy atom. The fourth-order valence-electron chi connectivity index (χ4n) is 0.713. The van der Waals surface area contributed by atoms with Crippen molar-refractivity contribution in [3.63, 3.8) is 0 Å². The van der Waals surface area contributed by atoms with Crippen LogP contribution in [0.15, 0.2) is 15.5 Å². The Labute approximate surface area is 73.5 Å². The monoisotopic (exact) mass is 241 g/mol. The zero-order valence-electron chi connectivity index (χ0n) is 5.57. The molecule has 0 fully saturated rings. The van der Waals surface area contributed by atoms with Gasteiger partial charge in [0, 0.05) is 6.07 Å². The van der Waals surface area contributed by atoms with Crippen LogP contribution < -0.4 is 5.43 Å². The second-order valence-corrected chi connectivity index (χ2v) is 2.80. The summed E-state index contributed by atoms with van der Waals surface area (Å²) < 4.78 is 36.1. The van der Waals surface area contributed by atoms with Crippen molar-refractivity contribution in [1.29, 1.82) is 0 Å². The van der Waals surface area contributed by atoms with Gasteiger partial charge in [-0.1, -0.05) is 0 Å². The number of hydrogen-bond donors (Lipinski definition) is 1. The summed E-state index contributed by atoms with van der Waals surface area (Å²) in [6, 6.07) is 0.478. The molecule has 2 nitrogen and oxygen atoms in total. The molecular formula is C6H3BrF3NO. The van der Waals surface area contributed by atoms with Crippen LogP contribution >= 0.6 is 15.9 Å². The van der Waals surface area contributed by atoms with E-state index in [1.807, 2.05) is 4.98 Å². The summed E-state index contributed by atoms with van der Waals surface area (Å²) in [5.74, 6) is -0.948. The molecule has 0 atom stereocenters. The van der Waals surface area contributed by atoms with E-state index in [1.54, 1.807) is 0 Å². The Hall–Kier alpha value is -0.780. The summed E-state index contributed by atoms with van der Waals surface area (Å²) in [4.78, 5) is 12.7. The van der Waals surface area contributed by atoms with Gasteiger partial charge in [-0.25, -0.2) is 8.78 Å². The number of aromatic amines is 1. The highest BCUT2D eigenvalue weighted by Crippen LogP contribution is 2.21. The molecule has 0 radical (unpaired) electrons. The van der Waals surface area contributed by atoms with Crippen LogP contribution in [0.1, 0.15) is 12.0 Å². The molecule has 0 saturated carbocycles. The highest BCUT2D eigenvalue weighted by Gasteiger charge is 2.16. The number of pyridine rings is 1. The van der Waals surface area contributed by atoms with Crippen molar-refractivity contribution in [2.75, 3.05) is 0 Å². The maximum absolute atomic E-state index is 12.3. The number of nitrogens with one attached hydrogen (secondary N) is 1. The van der Waals surface area contributed by atoms with E-state index in [9.17, 15) is 18.0 Å². The van der Waals surface area contributed by atoms with Gasteiger partial charge in [0.15, 0.2) is 11.4 Å². The average Bonchev–Trinajstić information content (AvgIpc) is 1.82. The third-order valence-corrected chi connectivity index (χ3v) is 1.83. The van der Waals surface area contributed by atoms with Crippen molar-refractivity contribution in [3.8, 4) is 0 Å². The van der Waals surface area contributed by atoms with Crippen LogP contribution in [-0.2, 0) is 0 Å². The van der Waals surface area contributed by atoms with Crippen LogP contribution in [0.3, 0.4) is 0 Å². The van der Waals surface area contributed by atoms with Crippen LogP contribution in [0.4, 0.5) is 13.2 Å². The van der Waals surface area contributed by atoms with E-state index in [4.69, 9.17) is 0 Å². The fourth-order valence-corrected chi connectivity index (χ4v) is 1.27. The number of rotatable bonds is 1. The van der Waals surface area contributed by atoms with Gasteiger partial charge in [-0.2, -0.15) is 4.39 Å². The minimum absolute atomic E-state index is 0.317. The summed E-state index contributed by atoms with van der Waals surface area (Å²) >= 11 is 2.62. The van der Waals surface area contributed by atoms with Gasteiger partial charge in [0.25, 0.3) is 6.43 Å². The second kappa shape index (κ2) is 3.30. The van der Waals surface area contributed by atoms with E-state index in [0.717, 1.165) is 0 Å². The first-order valence-electron chi connectivity index (χ1n) is 2.88. The first kappa shape index (κ1) is 9.31. The molecule has 1 aromatic heterocycles. The lowest BCUT2D eigenvalue weighted by molar-refractivity contribution is 0.148. The molecule has 1 rings (SSSR count). The van der Waals surface area contributed by atoms with E-state index in [1.165, 1.54) is 0 Å². The third kappa shape index (κ3) is 1.69. The van der Waals surface area contributed by atoms with Crippen molar-refractivity contribution in [1.82, 2.24) is 4.98 Å². The Morgan fingerprint density at radius 1 is 1.50 bits per heavy atom. The smallest absolute Gasteiger partial charge is 0.270 e. The van der Waals surface area contributed by atoms with Crippen LogP contribution in [0.2, 0.25) is 0 Å². The molecular weight excluding hydrogens is 239 g/mol. The molecule has 0 amide bonds. The second-order valence-electron chi connectivity index (χ2n) is 2.01. The van der Waals surface area contributed by atoms with Gasteiger partial charge in [-0.3, -0.25) is 4.79 Å². The zero-order valence-corrected chi connectivity index (χ0v) is 7.16. The van der Waals surface area contributed by atoms with Gasteiger partial charge in [0.2, 0.25) is 0 Å². The van der Waals surface area contributed by atoms with Crippen LogP contribution in [-0.4, -0.2) is 4.98 Å². The van der Waals surface area contributed by atoms with Gasteiger partial charge < -0.3 is 4.98 Å².